The SMILES string of the molecule is Cc1cc(Br)c(S(=O)(=O)NOC2CCCC2)cc1Br. The van der Waals surface area contributed by atoms with Gasteiger partial charge in [-0.15, -0.1) is 0 Å². The summed E-state index contributed by atoms with van der Waals surface area (Å²) in [5.41, 5.74) is 0.961. The van der Waals surface area contributed by atoms with Crippen LogP contribution in [0.1, 0.15) is 31.2 Å². The average molecular weight is 413 g/mol. The monoisotopic (exact) mass is 411 g/mol. The van der Waals surface area contributed by atoms with Crippen LogP contribution < -0.4 is 4.89 Å². The molecule has 7 heteroatoms. The third-order valence-corrected chi connectivity index (χ3v) is 6.13. The summed E-state index contributed by atoms with van der Waals surface area (Å²) in [5.74, 6) is 0. The Morgan fingerprint density at radius 2 is 1.84 bits per heavy atom. The maximum Gasteiger partial charge on any atom is 0.263 e. The molecule has 1 N–H and O–H groups in total. The number of nitrogens with one attached hydrogen (secondary N) is 1. The molecule has 106 valence electrons. The number of halogens is 2. The summed E-state index contributed by atoms with van der Waals surface area (Å²) < 4.78 is 25.6. The highest BCUT2D eigenvalue weighted by Gasteiger charge is 2.23. The first-order chi connectivity index (χ1) is 8.90. The third kappa shape index (κ3) is 3.78. The standard InChI is InChI=1S/C12H15Br2NO3S/c1-8-6-11(14)12(7-10(8)13)19(16,17)15-18-9-4-2-3-5-9/h6-7,9,15H,2-5H2,1H3. The van der Waals surface area contributed by atoms with Gasteiger partial charge in [-0.3, -0.25) is 4.84 Å². The van der Waals surface area contributed by atoms with Crippen LogP contribution in [0.3, 0.4) is 0 Å². The van der Waals surface area contributed by atoms with Crippen molar-refractivity contribution in [3.8, 4) is 0 Å². The minimum Gasteiger partial charge on any atom is -0.284 e. The number of rotatable bonds is 4. The van der Waals surface area contributed by atoms with Gasteiger partial charge in [0.05, 0.1) is 11.0 Å². The van der Waals surface area contributed by atoms with E-state index in [1.807, 2.05) is 6.92 Å². The van der Waals surface area contributed by atoms with E-state index >= 15 is 0 Å². The second-order valence-electron chi connectivity index (χ2n) is 4.64. The van der Waals surface area contributed by atoms with Crippen molar-refractivity contribution in [3.05, 3.63) is 26.6 Å². The van der Waals surface area contributed by atoms with Crippen molar-refractivity contribution in [2.24, 2.45) is 0 Å². The molecule has 0 radical (unpaired) electrons. The van der Waals surface area contributed by atoms with E-state index in [0.717, 1.165) is 35.7 Å². The zero-order valence-electron chi connectivity index (χ0n) is 10.4. The van der Waals surface area contributed by atoms with Crippen LogP contribution >= 0.6 is 31.9 Å². The van der Waals surface area contributed by atoms with Crippen LogP contribution in [0.15, 0.2) is 26.0 Å². The first-order valence-electron chi connectivity index (χ1n) is 6.03. The first kappa shape index (κ1) is 15.4. The molecule has 1 aromatic rings. The van der Waals surface area contributed by atoms with E-state index in [9.17, 15) is 8.42 Å². The van der Waals surface area contributed by atoms with Gasteiger partial charge < -0.3 is 0 Å². The summed E-state index contributed by atoms with van der Waals surface area (Å²) in [7, 11) is -3.67. The molecule has 0 saturated heterocycles. The van der Waals surface area contributed by atoms with E-state index in [1.54, 1.807) is 12.1 Å². The molecule has 0 heterocycles. The van der Waals surface area contributed by atoms with Gasteiger partial charge in [0.25, 0.3) is 10.0 Å². The average Bonchev–Trinajstić information content (AvgIpc) is 2.84. The highest BCUT2D eigenvalue weighted by Crippen LogP contribution is 2.29. The van der Waals surface area contributed by atoms with E-state index in [2.05, 4.69) is 36.7 Å². The van der Waals surface area contributed by atoms with Gasteiger partial charge in [-0.2, -0.15) is 0 Å². The lowest BCUT2D eigenvalue weighted by molar-refractivity contribution is 0.0223. The Balaban J connectivity index is 2.16. The summed E-state index contributed by atoms with van der Waals surface area (Å²) in [6.07, 6.45) is 3.98. The maximum absolute atomic E-state index is 12.2. The molecule has 1 fully saturated rings. The Labute approximate surface area is 130 Å². The van der Waals surface area contributed by atoms with Crippen molar-refractivity contribution in [1.82, 2.24) is 4.89 Å². The second kappa shape index (κ2) is 6.22. The Hall–Kier alpha value is 0.0500. The van der Waals surface area contributed by atoms with E-state index < -0.39 is 10.0 Å². The number of hydrogen-bond acceptors (Lipinski definition) is 3. The molecule has 1 aromatic carbocycles. The number of sulfonamides is 1. The quantitative estimate of drug-likeness (QED) is 0.767. The van der Waals surface area contributed by atoms with Crippen LogP contribution in [0.4, 0.5) is 0 Å². The molecule has 4 nitrogen and oxygen atoms in total. The minimum atomic E-state index is -3.67. The molecule has 1 aliphatic carbocycles. The molecule has 0 atom stereocenters. The fourth-order valence-corrected chi connectivity index (χ4v) is 4.55. The number of aryl methyl sites for hydroxylation is 1. The molecule has 1 saturated carbocycles. The normalized spacial score (nSPS) is 17.0. The second-order valence-corrected chi connectivity index (χ2v) is 7.96. The third-order valence-electron chi connectivity index (χ3n) is 3.13. The molecule has 0 amide bonds. The molecule has 0 aliphatic heterocycles. The van der Waals surface area contributed by atoms with Crippen molar-refractivity contribution in [3.63, 3.8) is 0 Å². The zero-order chi connectivity index (χ0) is 14.0. The van der Waals surface area contributed by atoms with Crippen molar-refractivity contribution in [2.45, 2.75) is 43.6 Å². The molecule has 0 unspecified atom stereocenters. The number of benzene rings is 1. The molecular weight excluding hydrogens is 398 g/mol. The van der Waals surface area contributed by atoms with E-state index in [-0.39, 0.29) is 11.0 Å². The van der Waals surface area contributed by atoms with Crippen molar-refractivity contribution in [1.29, 1.82) is 0 Å². The molecule has 2 rings (SSSR count). The van der Waals surface area contributed by atoms with Crippen LogP contribution in [-0.4, -0.2) is 14.5 Å². The maximum atomic E-state index is 12.2. The van der Waals surface area contributed by atoms with Crippen molar-refractivity contribution >= 4 is 41.9 Å². The minimum absolute atomic E-state index is 0.0116. The van der Waals surface area contributed by atoms with Gasteiger partial charge in [-0.05, 0) is 53.4 Å². The Morgan fingerprint density at radius 3 is 2.47 bits per heavy atom. The predicted octanol–water partition coefficient (Wildman–Crippen LogP) is 3.67. The van der Waals surface area contributed by atoms with Crippen LogP contribution in [0, 0.1) is 6.92 Å². The molecule has 0 spiro atoms. The van der Waals surface area contributed by atoms with Gasteiger partial charge in [0.2, 0.25) is 0 Å². The van der Waals surface area contributed by atoms with Gasteiger partial charge >= 0.3 is 0 Å². The lowest BCUT2D eigenvalue weighted by Crippen LogP contribution is -2.28. The molecule has 0 aromatic heterocycles. The Kier molecular flexibility index (Phi) is 5.05. The highest BCUT2D eigenvalue weighted by molar-refractivity contribution is 9.11. The smallest absolute Gasteiger partial charge is 0.263 e. The van der Waals surface area contributed by atoms with Crippen molar-refractivity contribution < 1.29 is 13.3 Å². The summed E-state index contributed by atoms with van der Waals surface area (Å²) in [4.78, 5) is 7.67. The van der Waals surface area contributed by atoms with Crippen molar-refractivity contribution in [2.75, 3.05) is 0 Å². The van der Waals surface area contributed by atoms with Gasteiger partial charge in [0.1, 0.15) is 0 Å². The molecule has 0 bridgehead atoms. The van der Waals surface area contributed by atoms with Crippen LogP contribution in [0.25, 0.3) is 0 Å². The van der Waals surface area contributed by atoms with Crippen LogP contribution in [0.2, 0.25) is 0 Å². The topological polar surface area (TPSA) is 55.4 Å². The largest absolute Gasteiger partial charge is 0.284 e. The van der Waals surface area contributed by atoms with Gasteiger partial charge in [0, 0.05) is 8.95 Å². The lowest BCUT2D eigenvalue weighted by Gasteiger charge is -2.13. The Bertz CT molecular complexity index is 569. The van der Waals surface area contributed by atoms with Gasteiger partial charge in [-0.25, -0.2) is 8.42 Å². The predicted molar refractivity (Wildman–Crippen MR) is 80.2 cm³/mol. The summed E-state index contributed by atoms with van der Waals surface area (Å²) in [5, 5.41) is 0. The number of hydrogen-bond donors (Lipinski definition) is 1. The van der Waals surface area contributed by atoms with Gasteiger partial charge in [-0.1, -0.05) is 33.7 Å². The molecule has 1 aliphatic rings. The summed E-state index contributed by atoms with van der Waals surface area (Å²) in [6, 6.07) is 3.33. The van der Waals surface area contributed by atoms with Crippen LogP contribution in [-0.2, 0) is 14.9 Å². The fourth-order valence-electron chi connectivity index (χ4n) is 2.02. The Morgan fingerprint density at radius 1 is 1.21 bits per heavy atom. The fraction of sp³-hybridized carbons (Fsp3) is 0.500. The first-order valence-corrected chi connectivity index (χ1v) is 9.10. The van der Waals surface area contributed by atoms with Gasteiger partial charge in [0.15, 0.2) is 0 Å². The van der Waals surface area contributed by atoms with E-state index in [1.165, 1.54) is 0 Å². The highest BCUT2D eigenvalue weighted by atomic mass is 79.9. The van der Waals surface area contributed by atoms with E-state index in [0.29, 0.717) is 4.47 Å². The molecule has 19 heavy (non-hydrogen) atoms. The molecular formula is C12H15Br2NO3S. The lowest BCUT2D eigenvalue weighted by atomic mass is 10.2. The summed E-state index contributed by atoms with van der Waals surface area (Å²) >= 11 is 6.61. The summed E-state index contributed by atoms with van der Waals surface area (Å²) in [6.45, 7) is 1.90. The van der Waals surface area contributed by atoms with Crippen LogP contribution in [0.5, 0.6) is 0 Å². The van der Waals surface area contributed by atoms with E-state index in [4.69, 9.17) is 4.84 Å². The zero-order valence-corrected chi connectivity index (χ0v) is 14.4.